The Hall–Kier alpha value is -1.26. The van der Waals surface area contributed by atoms with E-state index in [1.54, 1.807) is 29.7 Å². The first-order valence-corrected chi connectivity index (χ1v) is 6.42. The molecule has 0 aliphatic heterocycles. The summed E-state index contributed by atoms with van der Waals surface area (Å²) in [5, 5.41) is 5.17. The van der Waals surface area contributed by atoms with Gasteiger partial charge in [-0.15, -0.1) is 0 Å². The molecule has 0 bridgehead atoms. The zero-order valence-electron chi connectivity index (χ0n) is 10.2. The van der Waals surface area contributed by atoms with E-state index in [1.165, 1.54) is 4.68 Å². The van der Waals surface area contributed by atoms with Gasteiger partial charge in [-0.2, -0.15) is 9.78 Å². The Balaban J connectivity index is 2.58. The molecule has 0 aliphatic rings. The molecule has 0 radical (unpaired) electrons. The van der Waals surface area contributed by atoms with Crippen LogP contribution in [0.5, 0.6) is 0 Å². The molecule has 0 N–H and O–H groups in total. The van der Waals surface area contributed by atoms with Gasteiger partial charge in [-0.05, 0) is 31.5 Å². The molecule has 18 heavy (non-hydrogen) atoms. The number of hydrogen-bond acceptors (Lipinski definition) is 2. The first kappa shape index (κ1) is 13.2. The second kappa shape index (κ2) is 5.16. The van der Waals surface area contributed by atoms with E-state index < -0.39 is 0 Å². The molecule has 6 heteroatoms. The maximum absolute atomic E-state index is 12.2. The summed E-state index contributed by atoms with van der Waals surface area (Å²) >= 11 is 11.9. The molecule has 0 amide bonds. The molecule has 2 aromatic rings. The molecule has 0 aliphatic carbocycles. The Bertz CT molecular complexity index is 631. The van der Waals surface area contributed by atoms with Crippen LogP contribution in [0.3, 0.4) is 0 Å². The highest BCUT2D eigenvalue weighted by Crippen LogP contribution is 2.22. The second-order valence-electron chi connectivity index (χ2n) is 3.99. The van der Waals surface area contributed by atoms with Crippen LogP contribution in [0.15, 0.2) is 23.0 Å². The van der Waals surface area contributed by atoms with Crippen molar-refractivity contribution in [2.24, 2.45) is 0 Å². The maximum atomic E-state index is 12.2. The van der Waals surface area contributed by atoms with Crippen LogP contribution >= 0.6 is 23.2 Å². The van der Waals surface area contributed by atoms with Crippen molar-refractivity contribution in [2.45, 2.75) is 26.8 Å². The van der Waals surface area contributed by atoms with E-state index in [9.17, 15) is 4.79 Å². The number of aromatic nitrogens is 3. The number of rotatable bonds is 3. The minimum atomic E-state index is -0.182. The fraction of sp³-hybridized carbons (Fsp3) is 0.333. The molecule has 0 unspecified atom stereocenters. The fourth-order valence-electron chi connectivity index (χ4n) is 1.79. The fourth-order valence-corrected chi connectivity index (χ4v) is 2.27. The molecule has 2 rings (SSSR count). The molecule has 0 spiro atoms. The normalized spacial score (nSPS) is 10.9. The van der Waals surface area contributed by atoms with Crippen LogP contribution in [0, 0.1) is 6.92 Å². The molecule has 0 saturated carbocycles. The Morgan fingerprint density at radius 3 is 2.67 bits per heavy atom. The summed E-state index contributed by atoms with van der Waals surface area (Å²) in [5.41, 5.74) is 0.364. The maximum Gasteiger partial charge on any atom is 0.350 e. The molecule has 0 fully saturated rings. The van der Waals surface area contributed by atoms with Gasteiger partial charge in [-0.1, -0.05) is 30.1 Å². The SMILES string of the molecule is CCCn1c(C)nn(-c2ccc(Cl)cc2Cl)c1=O. The zero-order chi connectivity index (χ0) is 13.3. The number of hydrogen-bond donors (Lipinski definition) is 0. The van der Waals surface area contributed by atoms with Crippen LogP contribution in [0.4, 0.5) is 0 Å². The quantitative estimate of drug-likeness (QED) is 0.870. The molecule has 1 heterocycles. The summed E-state index contributed by atoms with van der Waals surface area (Å²) < 4.78 is 2.94. The van der Waals surface area contributed by atoms with E-state index >= 15 is 0 Å². The molecule has 0 atom stereocenters. The third-order valence-electron chi connectivity index (χ3n) is 2.63. The summed E-state index contributed by atoms with van der Waals surface area (Å²) in [4.78, 5) is 12.2. The first-order valence-electron chi connectivity index (χ1n) is 5.66. The van der Waals surface area contributed by atoms with Crippen molar-refractivity contribution in [1.82, 2.24) is 14.3 Å². The van der Waals surface area contributed by atoms with E-state index in [4.69, 9.17) is 23.2 Å². The highest BCUT2D eigenvalue weighted by molar-refractivity contribution is 6.35. The Labute approximate surface area is 115 Å². The van der Waals surface area contributed by atoms with Crippen molar-refractivity contribution in [3.8, 4) is 5.69 Å². The summed E-state index contributed by atoms with van der Waals surface area (Å²) in [7, 11) is 0. The van der Waals surface area contributed by atoms with Gasteiger partial charge in [0.2, 0.25) is 0 Å². The van der Waals surface area contributed by atoms with Gasteiger partial charge in [0.05, 0.1) is 10.7 Å². The van der Waals surface area contributed by atoms with Crippen molar-refractivity contribution in [1.29, 1.82) is 0 Å². The van der Waals surface area contributed by atoms with Gasteiger partial charge in [0, 0.05) is 11.6 Å². The van der Waals surface area contributed by atoms with Gasteiger partial charge in [0.1, 0.15) is 5.82 Å². The lowest BCUT2D eigenvalue weighted by Crippen LogP contribution is -2.24. The van der Waals surface area contributed by atoms with Crippen molar-refractivity contribution >= 4 is 23.2 Å². The first-order chi connectivity index (χ1) is 8.54. The Kier molecular flexibility index (Phi) is 3.78. The summed E-state index contributed by atoms with van der Waals surface area (Å²) in [6, 6.07) is 4.97. The lowest BCUT2D eigenvalue weighted by atomic mass is 10.3. The third-order valence-corrected chi connectivity index (χ3v) is 3.17. The van der Waals surface area contributed by atoms with Gasteiger partial charge in [0.25, 0.3) is 0 Å². The predicted octanol–water partition coefficient (Wildman–Crippen LogP) is 3.06. The average Bonchev–Trinajstić information content (AvgIpc) is 2.58. The van der Waals surface area contributed by atoms with Gasteiger partial charge in [-0.25, -0.2) is 4.79 Å². The van der Waals surface area contributed by atoms with Gasteiger partial charge in [-0.3, -0.25) is 4.57 Å². The van der Waals surface area contributed by atoms with Crippen LogP contribution in [0.25, 0.3) is 5.69 Å². The van der Waals surface area contributed by atoms with E-state index in [-0.39, 0.29) is 5.69 Å². The Morgan fingerprint density at radius 2 is 2.06 bits per heavy atom. The van der Waals surface area contributed by atoms with Crippen molar-refractivity contribution in [3.63, 3.8) is 0 Å². The van der Waals surface area contributed by atoms with Crippen LogP contribution in [-0.4, -0.2) is 14.3 Å². The summed E-state index contributed by atoms with van der Waals surface area (Å²) in [6.45, 7) is 4.46. The van der Waals surface area contributed by atoms with Crippen molar-refractivity contribution in [2.75, 3.05) is 0 Å². The lowest BCUT2D eigenvalue weighted by Gasteiger charge is -2.02. The van der Waals surface area contributed by atoms with Crippen LogP contribution in [0.2, 0.25) is 10.0 Å². The van der Waals surface area contributed by atoms with Crippen molar-refractivity contribution in [3.05, 3.63) is 44.6 Å². The third kappa shape index (κ3) is 2.31. The average molecular weight is 286 g/mol. The highest BCUT2D eigenvalue weighted by atomic mass is 35.5. The van der Waals surface area contributed by atoms with E-state index in [0.29, 0.717) is 28.1 Å². The number of aryl methyl sites for hydroxylation is 1. The molecule has 4 nitrogen and oxygen atoms in total. The predicted molar refractivity (Wildman–Crippen MR) is 72.9 cm³/mol. The lowest BCUT2D eigenvalue weighted by molar-refractivity contribution is 0.633. The van der Waals surface area contributed by atoms with Gasteiger partial charge in [0.15, 0.2) is 0 Å². The van der Waals surface area contributed by atoms with Crippen molar-refractivity contribution < 1.29 is 0 Å². The standard InChI is InChI=1S/C12H13Cl2N3O/c1-3-6-16-8(2)15-17(12(16)18)11-5-4-9(13)7-10(11)14/h4-5,7H,3,6H2,1-2H3. The summed E-state index contributed by atoms with van der Waals surface area (Å²) in [6.07, 6.45) is 0.876. The van der Waals surface area contributed by atoms with Gasteiger partial charge >= 0.3 is 5.69 Å². The monoisotopic (exact) mass is 285 g/mol. The number of benzene rings is 1. The van der Waals surface area contributed by atoms with E-state index in [1.807, 2.05) is 6.92 Å². The van der Waals surface area contributed by atoms with Crippen LogP contribution < -0.4 is 5.69 Å². The second-order valence-corrected chi connectivity index (χ2v) is 4.83. The molecule has 96 valence electrons. The summed E-state index contributed by atoms with van der Waals surface area (Å²) in [5.74, 6) is 0.674. The van der Waals surface area contributed by atoms with Crippen LogP contribution in [-0.2, 0) is 6.54 Å². The largest absolute Gasteiger partial charge is 0.350 e. The number of halogens is 2. The molecule has 1 aromatic carbocycles. The smallest absolute Gasteiger partial charge is 0.279 e. The molecule has 1 aromatic heterocycles. The Morgan fingerprint density at radius 1 is 1.33 bits per heavy atom. The topological polar surface area (TPSA) is 39.8 Å². The minimum absolute atomic E-state index is 0.182. The zero-order valence-corrected chi connectivity index (χ0v) is 11.7. The number of nitrogens with zero attached hydrogens (tertiary/aromatic N) is 3. The molecular formula is C12H13Cl2N3O. The highest BCUT2D eigenvalue weighted by Gasteiger charge is 2.13. The van der Waals surface area contributed by atoms with E-state index in [2.05, 4.69) is 5.10 Å². The van der Waals surface area contributed by atoms with E-state index in [0.717, 1.165) is 6.42 Å². The van der Waals surface area contributed by atoms with Crippen LogP contribution in [0.1, 0.15) is 19.2 Å². The molecular weight excluding hydrogens is 273 g/mol. The molecule has 0 saturated heterocycles. The minimum Gasteiger partial charge on any atom is -0.279 e. The van der Waals surface area contributed by atoms with Gasteiger partial charge < -0.3 is 0 Å².